The first kappa shape index (κ1) is 114. The Morgan fingerprint density at radius 1 is 0.221 bits per heavy atom. The van der Waals surface area contributed by atoms with Gasteiger partial charge in [-0.1, -0.05) is 155 Å². The maximum atomic E-state index is 15.5. The first-order valence-corrected chi connectivity index (χ1v) is 54.0. The summed E-state index contributed by atoms with van der Waals surface area (Å²) in [6.07, 6.45) is 44.7. The Bertz CT molecular complexity index is 3300. The predicted octanol–water partition coefficient (Wildman–Crippen LogP) is 21.4. The molecule has 8 rings (SSSR count). The molecule has 8 saturated carbocycles. The van der Waals surface area contributed by atoms with Crippen LogP contribution in [0.5, 0.6) is 0 Å². The molecule has 770 valence electrons. The molecule has 136 heavy (non-hydrogen) atoms. The second-order valence-corrected chi connectivity index (χ2v) is 39.7. The van der Waals surface area contributed by atoms with E-state index < -0.39 is 96.5 Å². The van der Waals surface area contributed by atoms with E-state index in [1.54, 1.807) is 0 Å². The number of hydrogen-bond donors (Lipinski definition) is 0. The number of carbonyl (C=O) groups is 10. The zero-order chi connectivity index (χ0) is 97.0. The molecule has 0 spiro atoms. The van der Waals surface area contributed by atoms with Gasteiger partial charge in [-0.05, 0) is 244 Å². The van der Waals surface area contributed by atoms with E-state index in [1.165, 1.54) is 75.7 Å². The highest BCUT2D eigenvalue weighted by Crippen LogP contribution is 2.42. The van der Waals surface area contributed by atoms with E-state index >= 15 is 9.59 Å². The summed E-state index contributed by atoms with van der Waals surface area (Å²) in [6, 6.07) is 0. The lowest BCUT2D eigenvalue weighted by Gasteiger charge is -2.39. The Kier molecular flexibility index (Phi) is 57.9. The summed E-state index contributed by atoms with van der Waals surface area (Å²) < 4.78 is 98.6. The van der Waals surface area contributed by atoms with E-state index in [9.17, 15) is 38.4 Å². The summed E-state index contributed by atoms with van der Waals surface area (Å²) in [5.41, 5.74) is 0. The van der Waals surface area contributed by atoms with Crippen molar-refractivity contribution in [3.05, 3.63) is 50.6 Å². The molecule has 12 atom stereocenters. The van der Waals surface area contributed by atoms with Gasteiger partial charge in [0.05, 0.1) is 98.6 Å². The second-order valence-electron chi connectivity index (χ2n) is 39.7. The van der Waals surface area contributed by atoms with Crippen molar-refractivity contribution in [2.24, 2.45) is 47.3 Å². The van der Waals surface area contributed by atoms with Gasteiger partial charge in [-0.2, -0.15) is 0 Å². The third kappa shape index (κ3) is 45.7. The van der Waals surface area contributed by atoms with Crippen molar-refractivity contribution in [1.82, 2.24) is 0 Å². The third-order valence-corrected chi connectivity index (χ3v) is 29.1. The van der Waals surface area contributed by atoms with E-state index in [-0.39, 0.29) is 96.6 Å². The van der Waals surface area contributed by atoms with Crippen LogP contribution in [-0.4, -0.2) is 199 Å². The lowest BCUT2D eigenvalue weighted by molar-refractivity contribution is -0.186. The molecular formula is C110H174O26. The molecule has 0 radical (unpaired) electrons. The van der Waals surface area contributed by atoms with Gasteiger partial charge in [0.1, 0.15) is 36.6 Å². The van der Waals surface area contributed by atoms with E-state index in [4.69, 9.17) is 75.8 Å². The highest BCUT2D eigenvalue weighted by Gasteiger charge is 2.48. The second kappa shape index (κ2) is 69.0. The fourth-order valence-electron chi connectivity index (χ4n) is 20.6. The van der Waals surface area contributed by atoms with Crippen LogP contribution in [0.25, 0.3) is 0 Å². The molecule has 0 bridgehead atoms. The third-order valence-electron chi connectivity index (χ3n) is 29.1. The molecule has 8 aliphatic carbocycles. The van der Waals surface area contributed by atoms with Gasteiger partial charge in [-0.3, -0.25) is 28.8 Å². The maximum absolute atomic E-state index is 15.5. The van der Waals surface area contributed by atoms with Crippen LogP contribution in [0.2, 0.25) is 0 Å². The molecule has 0 aliphatic heterocycles. The number of hydrogen-bond acceptors (Lipinski definition) is 26. The summed E-state index contributed by atoms with van der Waals surface area (Å²) in [5, 5.41) is 0. The average molecular weight is 1910 g/mol. The van der Waals surface area contributed by atoms with Gasteiger partial charge >= 0.3 is 59.7 Å². The van der Waals surface area contributed by atoms with Crippen LogP contribution >= 0.6 is 0 Å². The standard InChI is InChI=1S/C110H174O26/c1-7-13-15-17-19-21-35-71-125-97-63-43-81(77-99(97)135-109(119)93-79-91(131-105(115)83-45-53-87(54-46-83)121-67-31-23-27-37-73-127-101(111)9-3)61-65-95(93)133-107(117)85-49-57-89(58-50-85)123-69-33-25-29-39-75-129-103(113)11-5)41-42-82-44-64-98(126-72-36-22-20-18-16-14-8-2)100(78-82)136-110(120)94-80-92(132-106(116)84-47-55-88(56-48-84)122-68-32-24-28-38-74-128-102(112)10-4)62-66-96(94)134-108(118)86-51-59-90(60-52-86)124-70-34-26-30-40-76-130-104(114)12-6/h9-12,81-100H,3-8,13-40,43-80H2,1-2H3. The molecule has 0 heterocycles. The Morgan fingerprint density at radius 2 is 0.441 bits per heavy atom. The van der Waals surface area contributed by atoms with Crippen LogP contribution in [0.1, 0.15) is 386 Å². The Morgan fingerprint density at radius 3 is 0.706 bits per heavy atom. The summed E-state index contributed by atoms with van der Waals surface area (Å²) in [4.78, 5) is 134. The van der Waals surface area contributed by atoms with Crippen molar-refractivity contribution >= 4 is 59.7 Å². The minimum Gasteiger partial charge on any atom is -0.463 e. The van der Waals surface area contributed by atoms with Gasteiger partial charge in [0.2, 0.25) is 0 Å². The van der Waals surface area contributed by atoms with E-state index in [2.05, 4.69) is 52.0 Å². The van der Waals surface area contributed by atoms with Gasteiger partial charge < -0.3 is 75.8 Å². The number of ether oxygens (including phenoxy) is 16. The van der Waals surface area contributed by atoms with Crippen LogP contribution in [0, 0.1) is 59.2 Å². The van der Waals surface area contributed by atoms with E-state index in [0.717, 1.165) is 167 Å². The summed E-state index contributed by atoms with van der Waals surface area (Å²) in [7, 11) is 0. The molecule has 8 aliphatic rings. The van der Waals surface area contributed by atoms with Crippen molar-refractivity contribution in [2.45, 2.75) is 460 Å². The van der Waals surface area contributed by atoms with Gasteiger partial charge in [0.15, 0.2) is 0 Å². The highest BCUT2D eigenvalue weighted by atomic mass is 16.6. The van der Waals surface area contributed by atoms with Crippen LogP contribution in [-0.2, 0) is 124 Å². The molecule has 12 unspecified atom stereocenters. The van der Waals surface area contributed by atoms with Crippen molar-refractivity contribution in [3.63, 3.8) is 0 Å². The maximum Gasteiger partial charge on any atom is 0.330 e. The molecule has 0 aromatic carbocycles. The molecule has 26 heteroatoms. The van der Waals surface area contributed by atoms with Gasteiger partial charge in [0, 0.05) is 101 Å². The molecule has 0 N–H and O–H groups in total. The number of unbranched alkanes of at least 4 members (excludes halogenated alkanes) is 24. The topological polar surface area (TPSA) is 318 Å². The summed E-state index contributed by atoms with van der Waals surface area (Å²) >= 11 is 0. The molecule has 8 fully saturated rings. The fraction of sp³-hybridized carbons (Fsp3) is 0.818. The molecular weight excluding hydrogens is 1740 g/mol. The molecule has 0 saturated heterocycles. The van der Waals surface area contributed by atoms with E-state index in [0.29, 0.717) is 207 Å². The van der Waals surface area contributed by atoms with Crippen molar-refractivity contribution < 1.29 is 124 Å². The smallest absolute Gasteiger partial charge is 0.330 e. The minimum absolute atomic E-state index is 0.0149. The van der Waals surface area contributed by atoms with Crippen LogP contribution in [0.15, 0.2) is 50.6 Å². The number of carbonyl (C=O) groups excluding carboxylic acids is 10. The zero-order valence-corrected chi connectivity index (χ0v) is 83.4. The lowest BCUT2D eigenvalue weighted by Crippen LogP contribution is -2.46. The lowest BCUT2D eigenvalue weighted by atomic mass is 9.81. The van der Waals surface area contributed by atoms with Crippen LogP contribution < -0.4 is 0 Å². The summed E-state index contributed by atoms with van der Waals surface area (Å²) in [6.45, 7) is 23.1. The van der Waals surface area contributed by atoms with Crippen molar-refractivity contribution in [2.75, 3.05) is 66.1 Å². The van der Waals surface area contributed by atoms with Crippen molar-refractivity contribution in [1.29, 1.82) is 0 Å². The quantitative estimate of drug-likeness (QED) is 0.0179. The van der Waals surface area contributed by atoms with Crippen LogP contribution in [0.4, 0.5) is 0 Å². The molecule has 0 aromatic rings. The van der Waals surface area contributed by atoms with E-state index in [1.807, 2.05) is 0 Å². The molecule has 0 aromatic heterocycles. The Labute approximate surface area is 814 Å². The Hall–Kier alpha value is -7.02. The van der Waals surface area contributed by atoms with Gasteiger partial charge in [-0.15, -0.1) is 0 Å². The highest BCUT2D eigenvalue weighted by molar-refractivity contribution is 5.83. The number of rotatable bonds is 66. The Balaban J connectivity index is 0.951. The van der Waals surface area contributed by atoms with Gasteiger partial charge in [0.25, 0.3) is 0 Å². The molecule has 26 nitrogen and oxygen atoms in total. The summed E-state index contributed by atoms with van der Waals surface area (Å²) in [5.74, 6) is -0.291. The fourth-order valence-corrected chi connectivity index (χ4v) is 20.6. The minimum atomic E-state index is -0.932. The number of esters is 10. The first-order chi connectivity index (χ1) is 66.3. The van der Waals surface area contributed by atoms with Crippen LogP contribution in [0.3, 0.4) is 0 Å². The zero-order valence-electron chi connectivity index (χ0n) is 83.4. The monoisotopic (exact) mass is 1910 g/mol. The predicted molar refractivity (Wildman–Crippen MR) is 517 cm³/mol. The van der Waals surface area contributed by atoms with Crippen molar-refractivity contribution in [3.8, 4) is 11.8 Å². The largest absolute Gasteiger partial charge is 0.463 e. The SMILES string of the molecule is C=CC(=O)OCCCCCCOC1CCC(C(=O)OC2CCC(OC(=O)C3CCC(OCCCCCCOC(=O)C=C)CC3)C(C(=O)OC3CC(C#CC4CCC(OCCCCCCCCC)C(OC(=O)C5CC(OC(=O)C6CCC(OCCCCCCOC(=O)C=C)CC6)CCC5OC(=O)C5CCC(OCCCCCCOC(=O)C=C)CC5)C4)CCC3OCCCCCCCCC)C2)CC1. The first-order valence-electron chi connectivity index (χ1n) is 54.0. The average Bonchev–Trinajstić information content (AvgIpc) is 0.810. The normalized spacial score (nSPS) is 27.3. The van der Waals surface area contributed by atoms with Gasteiger partial charge in [-0.25, -0.2) is 19.2 Å². The molecule has 0 amide bonds.